The molecular weight excluding hydrogens is 227 g/mol. The fraction of sp³-hybridized carbons (Fsp3) is 0.250. The Balaban J connectivity index is 2.17. The van der Waals surface area contributed by atoms with Crippen LogP contribution in [0.4, 0.5) is 4.39 Å². The number of aromatic nitrogens is 2. The Labute approximate surface area is 98.5 Å². The SMILES string of the molecule is Cc1ccc(C(Cl)Cc2ncc[nH]2)c(F)c1. The predicted octanol–water partition coefficient (Wildman–Crippen LogP) is 3.38. The first-order valence-corrected chi connectivity index (χ1v) is 5.49. The summed E-state index contributed by atoms with van der Waals surface area (Å²) in [7, 11) is 0. The van der Waals surface area contributed by atoms with Crippen LogP contribution in [0, 0.1) is 12.7 Å². The van der Waals surface area contributed by atoms with Gasteiger partial charge in [-0.15, -0.1) is 11.6 Å². The average molecular weight is 239 g/mol. The molecule has 2 aromatic rings. The van der Waals surface area contributed by atoms with Crippen molar-refractivity contribution in [1.82, 2.24) is 9.97 Å². The van der Waals surface area contributed by atoms with Crippen molar-refractivity contribution in [2.75, 3.05) is 0 Å². The topological polar surface area (TPSA) is 28.7 Å². The molecule has 1 aromatic carbocycles. The Morgan fingerprint density at radius 3 is 2.94 bits per heavy atom. The van der Waals surface area contributed by atoms with Crippen LogP contribution in [0.5, 0.6) is 0 Å². The number of benzene rings is 1. The minimum absolute atomic E-state index is 0.258. The second kappa shape index (κ2) is 4.66. The second-order valence-electron chi connectivity index (χ2n) is 3.73. The summed E-state index contributed by atoms with van der Waals surface area (Å²) in [5.41, 5.74) is 1.41. The van der Waals surface area contributed by atoms with Crippen molar-refractivity contribution in [3.05, 3.63) is 53.4 Å². The van der Waals surface area contributed by atoms with Crippen LogP contribution in [0.25, 0.3) is 0 Å². The molecule has 84 valence electrons. The van der Waals surface area contributed by atoms with Crippen LogP contribution in [0.15, 0.2) is 30.6 Å². The quantitative estimate of drug-likeness (QED) is 0.816. The van der Waals surface area contributed by atoms with E-state index in [1.165, 1.54) is 6.07 Å². The van der Waals surface area contributed by atoms with Gasteiger partial charge in [0.1, 0.15) is 11.6 Å². The molecule has 2 rings (SSSR count). The number of nitrogens with zero attached hydrogens (tertiary/aromatic N) is 1. The summed E-state index contributed by atoms with van der Waals surface area (Å²) in [6, 6.07) is 5.08. The van der Waals surface area contributed by atoms with Crippen LogP contribution in [-0.4, -0.2) is 9.97 Å². The fourth-order valence-electron chi connectivity index (χ4n) is 1.58. The van der Waals surface area contributed by atoms with Gasteiger partial charge in [-0.25, -0.2) is 9.37 Å². The molecule has 1 N–H and O–H groups in total. The number of nitrogens with one attached hydrogen (secondary N) is 1. The number of hydrogen-bond acceptors (Lipinski definition) is 1. The first kappa shape index (κ1) is 11.1. The van der Waals surface area contributed by atoms with Crippen molar-refractivity contribution >= 4 is 11.6 Å². The molecule has 16 heavy (non-hydrogen) atoms. The lowest BCUT2D eigenvalue weighted by molar-refractivity contribution is 0.603. The number of aryl methyl sites for hydroxylation is 1. The Kier molecular flexibility index (Phi) is 3.25. The molecule has 2 nitrogen and oxygen atoms in total. The Morgan fingerprint density at radius 1 is 1.50 bits per heavy atom. The normalized spacial score (nSPS) is 12.7. The second-order valence-corrected chi connectivity index (χ2v) is 4.26. The van der Waals surface area contributed by atoms with Crippen LogP contribution in [-0.2, 0) is 6.42 Å². The maximum Gasteiger partial charge on any atom is 0.128 e. The molecule has 4 heteroatoms. The third kappa shape index (κ3) is 2.42. The van der Waals surface area contributed by atoms with Crippen LogP contribution in [0.1, 0.15) is 22.3 Å². The summed E-state index contributed by atoms with van der Waals surface area (Å²) < 4.78 is 13.6. The van der Waals surface area contributed by atoms with Gasteiger partial charge in [0.2, 0.25) is 0 Å². The number of hydrogen-bond donors (Lipinski definition) is 1. The summed E-state index contributed by atoms with van der Waals surface area (Å²) >= 11 is 6.16. The van der Waals surface area contributed by atoms with Gasteiger partial charge in [0.25, 0.3) is 0 Å². The zero-order chi connectivity index (χ0) is 11.5. The van der Waals surface area contributed by atoms with E-state index >= 15 is 0 Å². The molecule has 0 aliphatic rings. The number of alkyl halides is 1. The van der Waals surface area contributed by atoms with Crippen molar-refractivity contribution in [1.29, 1.82) is 0 Å². The summed E-state index contributed by atoms with van der Waals surface area (Å²) in [5, 5.41) is -0.397. The van der Waals surface area contributed by atoms with Crippen molar-refractivity contribution < 1.29 is 4.39 Å². The number of H-pyrrole nitrogens is 1. The summed E-state index contributed by atoms with van der Waals surface area (Å²) in [5.74, 6) is 0.506. The molecule has 0 saturated heterocycles. The molecule has 0 radical (unpaired) electrons. The number of rotatable bonds is 3. The molecule has 1 unspecified atom stereocenters. The number of aromatic amines is 1. The van der Waals surface area contributed by atoms with E-state index in [-0.39, 0.29) is 5.82 Å². The largest absolute Gasteiger partial charge is 0.349 e. The highest BCUT2D eigenvalue weighted by Crippen LogP contribution is 2.26. The molecule has 0 aliphatic carbocycles. The van der Waals surface area contributed by atoms with Gasteiger partial charge in [0.15, 0.2) is 0 Å². The molecule has 1 atom stereocenters. The molecule has 1 heterocycles. The van der Waals surface area contributed by atoms with E-state index in [1.54, 1.807) is 18.5 Å². The molecular formula is C12H12ClFN2. The minimum Gasteiger partial charge on any atom is -0.349 e. The molecule has 0 amide bonds. The van der Waals surface area contributed by atoms with E-state index < -0.39 is 5.38 Å². The van der Waals surface area contributed by atoms with E-state index in [0.717, 1.165) is 11.4 Å². The van der Waals surface area contributed by atoms with Gasteiger partial charge in [-0.3, -0.25) is 0 Å². The standard InChI is InChI=1S/C12H12ClFN2/c1-8-2-3-9(11(14)6-8)10(13)7-12-15-4-5-16-12/h2-6,10H,7H2,1H3,(H,15,16). The zero-order valence-corrected chi connectivity index (χ0v) is 9.63. The lowest BCUT2D eigenvalue weighted by atomic mass is 10.1. The first-order chi connectivity index (χ1) is 7.66. The molecule has 0 saturated carbocycles. The van der Waals surface area contributed by atoms with Gasteiger partial charge in [-0.05, 0) is 18.6 Å². The molecule has 0 aliphatic heterocycles. The van der Waals surface area contributed by atoms with Gasteiger partial charge in [-0.2, -0.15) is 0 Å². The maximum atomic E-state index is 13.6. The van der Waals surface area contributed by atoms with Crippen molar-refractivity contribution in [3.63, 3.8) is 0 Å². The third-order valence-corrected chi connectivity index (χ3v) is 2.81. The van der Waals surface area contributed by atoms with Gasteiger partial charge >= 0.3 is 0 Å². The van der Waals surface area contributed by atoms with E-state index in [9.17, 15) is 4.39 Å². The molecule has 0 bridgehead atoms. The van der Waals surface area contributed by atoms with Gasteiger partial charge in [0.05, 0.1) is 5.38 Å². The van der Waals surface area contributed by atoms with Crippen molar-refractivity contribution in [3.8, 4) is 0 Å². The molecule has 1 aromatic heterocycles. The Hall–Kier alpha value is -1.35. The van der Waals surface area contributed by atoms with Crippen LogP contribution >= 0.6 is 11.6 Å². The molecule has 0 fully saturated rings. The third-order valence-electron chi connectivity index (χ3n) is 2.42. The van der Waals surface area contributed by atoms with E-state index in [2.05, 4.69) is 9.97 Å². The maximum absolute atomic E-state index is 13.6. The van der Waals surface area contributed by atoms with Crippen LogP contribution in [0.3, 0.4) is 0 Å². The highest BCUT2D eigenvalue weighted by Gasteiger charge is 2.14. The van der Waals surface area contributed by atoms with Gasteiger partial charge in [-0.1, -0.05) is 12.1 Å². The zero-order valence-electron chi connectivity index (χ0n) is 8.87. The first-order valence-electron chi connectivity index (χ1n) is 5.05. The van der Waals surface area contributed by atoms with E-state index in [4.69, 9.17) is 11.6 Å². The van der Waals surface area contributed by atoms with Crippen molar-refractivity contribution in [2.24, 2.45) is 0 Å². The molecule has 0 spiro atoms. The minimum atomic E-state index is -0.397. The lowest BCUT2D eigenvalue weighted by Gasteiger charge is -2.09. The average Bonchev–Trinajstić information content (AvgIpc) is 2.70. The van der Waals surface area contributed by atoms with Crippen LogP contribution < -0.4 is 0 Å². The summed E-state index contributed by atoms with van der Waals surface area (Å²) in [4.78, 5) is 7.02. The monoisotopic (exact) mass is 238 g/mol. The van der Waals surface area contributed by atoms with E-state index in [1.807, 2.05) is 13.0 Å². The smallest absolute Gasteiger partial charge is 0.128 e. The Bertz CT molecular complexity index is 468. The number of halogens is 2. The van der Waals surface area contributed by atoms with Gasteiger partial charge in [0, 0.05) is 24.4 Å². The van der Waals surface area contributed by atoms with E-state index in [0.29, 0.717) is 12.0 Å². The van der Waals surface area contributed by atoms with Crippen molar-refractivity contribution in [2.45, 2.75) is 18.7 Å². The fourth-order valence-corrected chi connectivity index (χ4v) is 1.90. The van der Waals surface area contributed by atoms with Gasteiger partial charge < -0.3 is 4.98 Å². The van der Waals surface area contributed by atoms with Crippen LogP contribution in [0.2, 0.25) is 0 Å². The highest BCUT2D eigenvalue weighted by atomic mass is 35.5. The highest BCUT2D eigenvalue weighted by molar-refractivity contribution is 6.20. The summed E-state index contributed by atoms with van der Waals surface area (Å²) in [6.45, 7) is 1.85. The lowest BCUT2D eigenvalue weighted by Crippen LogP contribution is -2.00. The Morgan fingerprint density at radius 2 is 2.31 bits per heavy atom. The predicted molar refractivity (Wildman–Crippen MR) is 62.0 cm³/mol. The summed E-state index contributed by atoms with van der Waals surface area (Å²) in [6.07, 6.45) is 3.88. The number of imidazole rings is 1.